The Morgan fingerprint density at radius 3 is 2.38 bits per heavy atom. The molecule has 0 aromatic heterocycles. The van der Waals surface area contributed by atoms with Gasteiger partial charge < -0.3 is 15.8 Å². The summed E-state index contributed by atoms with van der Waals surface area (Å²) in [7, 11) is 0. The van der Waals surface area contributed by atoms with Crippen LogP contribution in [0.1, 0.15) is 36.4 Å². The Balaban J connectivity index is 1.69. The third-order valence-electron chi connectivity index (χ3n) is 4.54. The monoisotopic (exact) mass is 324 g/mol. The summed E-state index contributed by atoms with van der Waals surface area (Å²) in [5, 5.41) is 3.01. The van der Waals surface area contributed by atoms with Gasteiger partial charge in [0, 0.05) is 6.04 Å². The molecule has 1 amide bonds. The number of alkyl carbamates (subject to hydrolysis) is 1. The van der Waals surface area contributed by atoms with Crippen molar-refractivity contribution in [2.24, 2.45) is 5.73 Å². The van der Waals surface area contributed by atoms with Crippen molar-refractivity contribution < 1.29 is 9.53 Å². The zero-order chi connectivity index (χ0) is 16.8. The molecule has 1 aliphatic carbocycles. The minimum Gasteiger partial charge on any atom is -0.445 e. The number of ether oxygens (including phenoxy) is 1. The molecule has 0 radical (unpaired) electrons. The lowest BCUT2D eigenvalue weighted by atomic mass is 9.99. The summed E-state index contributed by atoms with van der Waals surface area (Å²) in [6.07, 6.45) is 2.95. The van der Waals surface area contributed by atoms with Gasteiger partial charge in [-0.3, -0.25) is 0 Å². The molecule has 24 heavy (non-hydrogen) atoms. The van der Waals surface area contributed by atoms with E-state index in [0.717, 1.165) is 31.2 Å². The lowest BCUT2D eigenvalue weighted by molar-refractivity contribution is 0.0896. The molecule has 0 aliphatic heterocycles. The van der Waals surface area contributed by atoms with E-state index >= 15 is 0 Å². The minimum atomic E-state index is -0.387. The SMILES string of the molecule is NC1CCCC1OC(=O)NC(Cc1ccccc1)c1ccccc1. The molecule has 0 saturated heterocycles. The molecule has 3 N–H and O–H groups in total. The van der Waals surface area contributed by atoms with Crippen molar-refractivity contribution in [2.75, 3.05) is 0 Å². The van der Waals surface area contributed by atoms with Gasteiger partial charge in [-0.15, -0.1) is 0 Å². The van der Waals surface area contributed by atoms with Crippen LogP contribution in [0.5, 0.6) is 0 Å². The molecule has 4 heteroatoms. The second-order valence-corrected chi connectivity index (χ2v) is 6.34. The predicted octanol–water partition coefficient (Wildman–Crippen LogP) is 3.58. The number of nitrogens with two attached hydrogens (primary N) is 1. The van der Waals surface area contributed by atoms with Crippen molar-refractivity contribution in [2.45, 2.75) is 43.9 Å². The van der Waals surface area contributed by atoms with Gasteiger partial charge in [0.05, 0.1) is 6.04 Å². The van der Waals surface area contributed by atoms with Crippen LogP contribution in [0.2, 0.25) is 0 Å². The Morgan fingerprint density at radius 1 is 1.08 bits per heavy atom. The van der Waals surface area contributed by atoms with E-state index in [9.17, 15) is 4.79 Å². The largest absolute Gasteiger partial charge is 0.445 e. The molecule has 2 aromatic rings. The van der Waals surface area contributed by atoms with Gasteiger partial charge in [0.15, 0.2) is 0 Å². The number of rotatable bonds is 5. The van der Waals surface area contributed by atoms with Crippen LogP contribution in [0.15, 0.2) is 60.7 Å². The molecular formula is C20H24N2O2. The lowest BCUT2D eigenvalue weighted by Gasteiger charge is -2.22. The fraction of sp³-hybridized carbons (Fsp3) is 0.350. The van der Waals surface area contributed by atoms with Crippen LogP contribution in [0.4, 0.5) is 4.79 Å². The predicted molar refractivity (Wildman–Crippen MR) is 94.6 cm³/mol. The summed E-state index contributed by atoms with van der Waals surface area (Å²) in [5.74, 6) is 0. The molecule has 0 bridgehead atoms. The standard InChI is InChI=1S/C20H24N2O2/c21-17-12-7-13-19(17)24-20(23)22-18(16-10-5-2-6-11-16)14-15-8-3-1-4-9-15/h1-6,8-11,17-19H,7,12-14,21H2,(H,22,23). The first kappa shape index (κ1) is 16.5. The molecule has 0 heterocycles. The lowest BCUT2D eigenvalue weighted by Crippen LogP contribution is -2.38. The maximum absolute atomic E-state index is 12.3. The number of carbonyl (C=O) groups excluding carboxylic acids is 1. The molecule has 1 fully saturated rings. The number of hydrogen-bond donors (Lipinski definition) is 2. The second-order valence-electron chi connectivity index (χ2n) is 6.34. The van der Waals surface area contributed by atoms with E-state index in [-0.39, 0.29) is 24.3 Å². The fourth-order valence-corrected chi connectivity index (χ4v) is 3.20. The molecule has 1 saturated carbocycles. The molecule has 3 rings (SSSR count). The quantitative estimate of drug-likeness (QED) is 0.883. The fourth-order valence-electron chi connectivity index (χ4n) is 3.20. The highest BCUT2D eigenvalue weighted by Crippen LogP contribution is 2.22. The van der Waals surface area contributed by atoms with Crippen molar-refractivity contribution in [1.29, 1.82) is 0 Å². The van der Waals surface area contributed by atoms with E-state index < -0.39 is 0 Å². The van der Waals surface area contributed by atoms with Crippen LogP contribution in [0, 0.1) is 0 Å². The van der Waals surface area contributed by atoms with Crippen molar-refractivity contribution in [3.63, 3.8) is 0 Å². The average molecular weight is 324 g/mol. The van der Waals surface area contributed by atoms with E-state index in [0.29, 0.717) is 0 Å². The van der Waals surface area contributed by atoms with Gasteiger partial charge in [-0.25, -0.2) is 4.79 Å². The number of nitrogens with one attached hydrogen (secondary N) is 1. The van der Waals surface area contributed by atoms with E-state index in [1.165, 1.54) is 5.56 Å². The molecule has 4 nitrogen and oxygen atoms in total. The van der Waals surface area contributed by atoms with E-state index in [4.69, 9.17) is 10.5 Å². The Labute approximate surface area is 143 Å². The Kier molecular flexibility index (Phi) is 5.49. The number of amides is 1. The Morgan fingerprint density at radius 2 is 1.75 bits per heavy atom. The zero-order valence-corrected chi connectivity index (χ0v) is 13.7. The number of hydrogen-bond acceptors (Lipinski definition) is 3. The summed E-state index contributed by atoms with van der Waals surface area (Å²) in [6.45, 7) is 0. The first-order valence-electron chi connectivity index (χ1n) is 8.54. The summed E-state index contributed by atoms with van der Waals surface area (Å²) in [4.78, 5) is 12.3. The highest BCUT2D eigenvalue weighted by atomic mass is 16.6. The first-order valence-corrected chi connectivity index (χ1v) is 8.54. The molecule has 2 aromatic carbocycles. The van der Waals surface area contributed by atoms with Gasteiger partial charge in [-0.1, -0.05) is 60.7 Å². The maximum atomic E-state index is 12.3. The summed E-state index contributed by atoms with van der Waals surface area (Å²) in [6, 6.07) is 19.9. The third-order valence-corrected chi connectivity index (χ3v) is 4.54. The minimum absolute atomic E-state index is 0.0416. The smallest absolute Gasteiger partial charge is 0.407 e. The van der Waals surface area contributed by atoms with E-state index in [2.05, 4.69) is 17.4 Å². The van der Waals surface area contributed by atoms with Gasteiger partial charge in [-0.05, 0) is 36.8 Å². The highest BCUT2D eigenvalue weighted by Gasteiger charge is 2.28. The van der Waals surface area contributed by atoms with Crippen LogP contribution in [0.3, 0.4) is 0 Å². The average Bonchev–Trinajstić information content (AvgIpc) is 3.01. The molecule has 1 aliphatic rings. The van der Waals surface area contributed by atoms with Crippen molar-refractivity contribution in [3.8, 4) is 0 Å². The number of benzene rings is 2. The van der Waals surface area contributed by atoms with Gasteiger partial charge in [0.25, 0.3) is 0 Å². The molecule has 0 spiro atoms. The van der Waals surface area contributed by atoms with Gasteiger partial charge in [0.2, 0.25) is 0 Å². The van der Waals surface area contributed by atoms with Crippen molar-refractivity contribution in [3.05, 3.63) is 71.8 Å². The first-order chi connectivity index (χ1) is 11.7. The number of carbonyl (C=O) groups is 1. The molecule has 3 unspecified atom stereocenters. The van der Waals surface area contributed by atoms with Crippen LogP contribution >= 0.6 is 0 Å². The van der Waals surface area contributed by atoms with Gasteiger partial charge >= 0.3 is 6.09 Å². The van der Waals surface area contributed by atoms with E-state index in [1.54, 1.807) is 0 Å². The van der Waals surface area contributed by atoms with E-state index in [1.807, 2.05) is 48.5 Å². The topological polar surface area (TPSA) is 64.3 Å². The Hall–Kier alpha value is -2.33. The highest BCUT2D eigenvalue weighted by molar-refractivity contribution is 5.68. The molecular weight excluding hydrogens is 300 g/mol. The zero-order valence-electron chi connectivity index (χ0n) is 13.7. The van der Waals surface area contributed by atoms with Crippen LogP contribution in [-0.4, -0.2) is 18.2 Å². The summed E-state index contributed by atoms with van der Waals surface area (Å²) < 4.78 is 5.54. The third kappa shape index (κ3) is 4.36. The normalized spacial score (nSPS) is 21.2. The van der Waals surface area contributed by atoms with Crippen LogP contribution < -0.4 is 11.1 Å². The molecule has 126 valence electrons. The van der Waals surface area contributed by atoms with Gasteiger partial charge in [-0.2, -0.15) is 0 Å². The maximum Gasteiger partial charge on any atom is 0.407 e. The molecule has 3 atom stereocenters. The summed E-state index contributed by atoms with van der Waals surface area (Å²) in [5.41, 5.74) is 8.22. The van der Waals surface area contributed by atoms with Crippen molar-refractivity contribution >= 4 is 6.09 Å². The van der Waals surface area contributed by atoms with Crippen LogP contribution in [-0.2, 0) is 11.2 Å². The second kappa shape index (κ2) is 7.97. The Bertz CT molecular complexity index is 645. The van der Waals surface area contributed by atoms with Crippen LogP contribution in [0.25, 0.3) is 0 Å². The van der Waals surface area contributed by atoms with Gasteiger partial charge in [0.1, 0.15) is 6.10 Å². The van der Waals surface area contributed by atoms with Crippen molar-refractivity contribution in [1.82, 2.24) is 5.32 Å². The summed E-state index contributed by atoms with van der Waals surface area (Å²) >= 11 is 0.